The summed E-state index contributed by atoms with van der Waals surface area (Å²) in [6, 6.07) is 1.43. The number of halogens is 1. The largest absolute Gasteiger partial charge is 0.351 e. The van der Waals surface area contributed by atoms with Gasteiger partial charge in [0.2, 0.25) is 0 Å². The summed E-state index contributed by atoms with van der Waals surface area (Å²) in [5, 5.41) is 10.1. The van der Waals surface area contributed by atoms with E-state index in [1.54, 1.807) is 6.20 Å². The fraction of sp³-hybridized carbons (Fsp3) is 0. The van der Waals surface area contributed by atoms with E-state index in [2.05, 4.69) is 4.98 Å². The van der Waals surface area contributed by atoms with Crippen LogP contribution in [-0.4, -0.2) is 9.91 Å². The van der Waals surface area contributed by atoms with Crippen LogP contribution in [0.5, 0.6) is 0 Å². The number of aromatic nitrogens is 1. The Kier molecular flexibility index (Phi) is 1.70. The minimum absolute atomic E-state index is 0.135. The summed E-state index contributed by atoms with van der Waals surface area (Å²) in [6.07, 6.45) is 1.54. The Morgan fingerprint density at radius 1 is 1.78 bits per heavy atom. The molecule has 0 fully saturated rings. The van der Waals surface area contributed by atoms with Crippen LogP contribution in [0.15, 0.2) is 12.3 Å². The normalized spacial score (nSPS) is 9.44. The van der Waals surface area contributed by atoms with Gasteiger partial charge in [0.1, 0.15) is 0 Å². The van der Waals surface area contributed by atoms with E-state index in [0.29, 0.717) is 3.70 Å². The molecule has 1 aromatic heterocycles. The highest BCUT2D eigenvalue weighted by Crippen LogP contribution is 2.17. The van der Waals surface area contributed by atoms with Crippen molar-refractivity contribution in [1.82, 2.24) is 4.98 Å². The monoisotopic (exact) mass is 238 g/mol. The van der Waals surface area contributed by atoms with Crippen LogP contribution in [0.25, 0.3) is 0 Å². The number of aromatic amines is 1. The molecule has 0 spiro atoms. The van der Waals surface area contributed by atoms with Gasteiger partial charge >= 0.3 is 0 Å². The Hall–Kier alpha value is -0.590. The van der Waals surface area contributed by atoms with Gasteiger partial charge in [-0.1, -0.05) is 0 Å². The topological polar surface area (TPSA) is 58.9 Å². The van der Waals surface area contributed by atoms with Crippen LogP contribution < -0.4 is 0 Å². The third-order valence-electron chi connectivity index (χ3n) is 0.873. The smallest absolute Gasteiger partial charge is 0.300 e. The van der Waals surface area contributed by atoms with Gasteiger partial charge < -0.3 is 4.98 Å². The summed E-state index contributed by atoms with van der Waals surface area (Å²) < 4.78 is 0.567. The van der Waals surface area contributed by atoms with E-state index >= 15 is 0 Å². The maximum atomic E-state index is 10.1. The molecule has 1 rings (SSSR count). The fourth-order valence-electron chi connectivity index (χ4n) is 0.482. The van der Waals surface area contributed by atoms with Gasteiger partial charge in [0.05, 0.1) is 4.92 Å². The molecular formula is C4H3IN2O2. The molecule has 4 nitrogen and oxygen atoms in total. The van der Waals surface area contributed by atoms with Gasteiger partial charge in [-0.3, -0.25) is 10.1 Å². The zero-order chi connectivity index (χ0) is 6.85. The second-order valence-corrected chi connectivity index (χ2v) is 2.51. The maximum Gasteiger partial charge on any atom is 0.300 e. The number of nitro groups is 1. The molecule has 48 valence electrons. The van der Waals surface area contributed by atoms with Crippen molar-refractivity contribution in [3.63, 3.8) is 0 Å². The van der Waals surface area contributed by atoms with Gasteiger partial charge in [0, 0.05) is 12.3 Å². The summed E-state index contributed by atoms with van der Waals surface area (Å²) in [5.74, 6) is 0. The number of H-pyrrole nitrogens is 1. The van der Waals surface area contributed by atoms with E-state index in [-0.39, 0.29) is 5.69 Å². The molecule has 0 saturated carbocycles. The molecule has 9 heavy (non-hydrogen) atoms. The van der Waals surface area contributed by atoms with E-state index in [0.717, 1.165) is 0 Å². The molecule has 0 unspecified atom stereocenters. The second kappa shape index (κ2) is 2.34. The molecule has 5 heteroatoms. The fourth-order valence-corrected chi connectivity index (χ4v) is 1.04. The number of nitrogens with one attached hydrogen (secondary N) is 1. The van der Waals surface area contributed by atoms with Gasteiger partial charge in [-0.05, 0) is 22.6 Å². The molecule has 0 radical (unpaired) electrons. The van der Waals surface area contributed by atoms with Crippen molar-refractivity contribution in [2.45, 2.75) is 0 Å². The van der Waals surface area contributed by atoms with Crippen molar-refractivity contribution in [3.8, 4) is 0 Å². The first-order valence-corrected chi connectivity index (χ1v) is 3.27. The molecule has 0 saturated heterocycles. The van der Waals surface area contributed by atoms with Crippen LogP contribution in [0.4, 0.5) is 5.69 Å². The van der Waals surface area contributed by atoms with Gasteiger partial charge in [-0.2, -0.15) is 0 Å². The van der Waals surface area contributed by atoms with E-state index in [1.165, 1.54) is 6.07 Å². The number of hydrogen-bond donors (Lipinski definition) is 1. The first-order valence-electron chi connectivity index (χ1n) is 2.19. The third kappa shape index (κ3) is 1.21. The molecule has 0 atom stereocenters. The molecule has 1 aromatic rings. The molecule has 1 N–H and O–H groups in total. The Balaban J connectivity index is 3.08. The van der Waals surface area contributed by atoms with Gasteiger partial charge in [-0.15, -0.1) is 0 Å². The summed E-state index contributed by atoms with van der Waals surface area (Å²) in [7, 11) is 0. The van der Waals surface area contributed by atoms with E-state index in [9.17, 15) is 10.1 Å². The highest BCUT2D eigenvalue weighted by Gasteiger charge is 2.09. The number of hydrogen-bond acceptors (Lipinski definition) is 2. The van der Waals surface area contributed by atoms with Crippen molar-refractivity contribution in [2.24, 2.45) is 0 Å². The van der Waals surface area contributed by atoms with Crippen molar-refractivity contribution in [3.05, 3.63) is 26.1 Å². The second-order valence-electron chi connectivity index (χ2n) is 1.43. The zero-order valence-corrected chi connectivity index (χ0v) is 6.45. The quantitative estimate of drug-likeness (QED) is 0.458. The molecule has 1 heterocycles. The number of nitrogens with zero attached hydrogens (tertiary/aromatic N) is 1. The molecule has 0 aliphatic rings. The Morgan fingerprint density at radius 2 is 2.44 bits per heavy atom. The molecule has 0 bridgehead atoms. The SMILES string of the molecule is O=[N+]([O-])c1cc[nH]c1I. The first-order chi connectivity index (χ1) is 4.22. The van der Waals surface area contributed by atoms with Crippen molar-refractivity contribution in [1.29, 1.82) is 0 Å². The number of rotatable bonds is 1. The van der Waals surface area contributed by atoms with Crippen LogP contribution in [0.2, 0.25) is 0 Å². The van der Waals surface area contributed by atoms with Crippen LogP contribution >= 0.6 is 22.6 Å². The highest BCUT2D eigenvalue weighted by atomic mass is 127. The van der Waals surface area contributed by atoms with Crippen molar-refractivity contribution in [2.75, 3.05) is 0 Å². The molecule has 0 aromatic carbocycles. The Labute approximate surface area is 64.6 Å². The lowest BCUT2D eigenvalue weighted by Crippen LogP contribution is -1.86. The van der Waals surface area contributed by atoms with Crippen LogP contribution in [-0.2, 0) is 0 Å². The Bertz CT molecular complexity index is 232. The van der Waals surface area contributed by atoms with Crippen LogP contribution in [0, 0.1) is 13.8 Å². The predicted molar refractivity (Wildman–Crippen MR) is 40.2 cm³/mol. The molecular weight excluding hydrogens is 235 g/mol. The molecule has 0 aliphatic carbocycles. The lowest BCUT2D eigenvalue weighted by molar-refractivity contribution is -0.385. The van der Waals surface area contributed by atoms with Gasteiger partial charge in [-0.25, -0.2) is 0 Å². The lowest BCUT2D eigenvalue weighted by atomic mass is 10.6. The van der Waals surface area contributed by atoms with Crippen LogP contribution in [0.1, 0.15) is 0 Å². The summed E-state index contributed by atoms with van der Waals surface area (Å²) in [6.45, 7) is 0. The van der Waals surface area contributed by atoms with E-state index in [4.69, 9.17) is 0 Å². The predicted octanol–water partition coefficient (Wildman–Crippen LogP) is 1.53. The van der Waals surface area contributed by atoms with Crippen molar-refractivity contribution >= 4 is 28.3 Å². The minimum Gasteiger partial charge on any atom is -0.351 e. The third-order valence-corrected chi connectivity index (χ3v) is 1.74. The molecule has 0 amide bonds. The zero-order valence-electron chi connectivity index (χ0n) is 4.30. The minimum atomic E-state index is -0.418. The maximum absolute atomic E-state index is 10.1. The van der Waals surface area contributed by atoms with Crippen LogP contribution in [0.3, 0.4) is 0 Å². The lowest BCUT2D eigenvalue weighted by Gasteiger charge is -1.82. The van der Waals surface area contributed by atoms with E-state index in [1.807, 2.05) is 22.6 Å². The Morgan fingerprint density at radius 3 is 2.67 bits per heavy atom. The van der Waals surface area contributed by atoms with Crippen molar-refractivity contribution < 1.29 is 4.92 Å². The standard InChI is InChI=1S/C4H3IN2O2/c5-4-3(7(8)9)1-2-6-4/h1-2,6H. The average molecular weight is 238 g/mol. The average Bonchev–Trinajstić information content (AvgIpc) is 2.13. The van der Waals surface area contributed by atoms with Gasteiger partial charge in [0.15, 0.2) is 3.70 Å². The van der Waals surface area contributed by atoms with Gasteiger partial charge in [0.25, 0.3) is 5.69 Å². The molecule has 0 aliphatic heterocycles. The highest BCUT2D eigenvalue weighted by molar-refractivity contribution is 14.1. The summed E-state index contributed by atoms with van der Waals surface area (Å²) in [5.41, 5.74) is 0.135. The first kappa shape index (κ1) is 6.53. The summed E-state index contributed by atoms with van der Waals surface area (Å²) in [4.78, 5) is 12.3. The van der Waals surface area contributed by atoms with E-state index < -0.39 is 4.92 Å². The summed E-state index contributed by atoms with van der Waals surface area (Å²) >= 11 is 1.87.